The van der Waals surface area contributed by atoms with Gasteiger partial charge in [0.25, 0.3) is 0 Å². The Hall–Kier alpha value is -1.42. The first-order valence-corrected chi connectivity index (χ1v) is 7.18. The molecule has 2 fully saturated rings. The zero-order valence-electron chi connectivity index (χ0n) is 10.9. The van der Waals surface area contributed by atoms with E-state index < -0.39 is 0 Å². The van der Waals surface area contributed by atoms with E-state index in [1.165, 1.54) is 11.3 Å². The first kappa shape index (κ1) is 11.4. The monoisotopic (exact) mass is 258 g/mol. The van der Waals surface area contributed by atoms with Gasteiger partial charge in [0.15, 0.2) is 0 Å². The van der Waals surface area contributed by atoms with Crippen LogP contribution in [0.4, 0.5) is 0 Å². The molecule has 2 saturated heterocycles. The normalized spacial score (nSPS) is 32.4. The van der Waals surface area contributed by atoms with Crippen LogP contribution in [0.15, 0.2) is 18.3 Å². The van der Waals surface area contributed by atoms with Crippen LogP contribution in [0.1, 0.15) is 36.6 Å². The lowest BCUT2D eigenvalue weighted by Crippen LogP contribution is -2.45. The average molecular weight is 258 g/mol. The second-order valence-electron chi connectivity index (χ2n) is 5.80. The summed E-state index contributed by atoms with van der Waals surface area (Å²) in [6, 6.07) is 4.75. The zero-order valence-corrected chi connectivity index (χ0v) is 10.9. The number of aromatic nitrogens is 1. The highest BCUT2D eigenvalue weighted by Crippen LogP contribution is 2.44. The first-order chi connectivity index (χ1) is 9.34. The van der Waals surface area contributed by atoms with Crippen LogP contribution in [0.25, 0.3) is 0 Å². The number of pyridine rings is 1. The molecule has 0 aromatic carbocycles. The first-order valence-electron chi connectivity index (χ1n) is 7.18. The Balaban J connectivity index is 1.66. The Morgan fingerprint density at radius 1 is 1.37 bits per heavy atom. The molecular formula is C15H18N2O2. The fourth-order valence-electron chi connectivity index (χ4n) is 3.81. The molecule has 0 N–H and O–H groups in total. The maximum absolute atomic E-state index is 12.7. The second-order valence-corrected chi connectivity index (χ2v) is 5.80. The van der Waals surface area contributed by atoms with Crippen molar-refractivity contribution in [2.24, 2.45) is 5.92 Å². The van der Waals surface area contributed by atoms with E-state index in [1.807, 2.05) is 12.3 Å². The van der Waals surface area contributed by atoms with E-state index in [2.05, 4.69) is 16.0 Å². The van der Waals surface area contributed by atoms with Crippen molar-refractivity contribution in [2.45, 2.75) is 37.8 Å². The summed E-state index contributed by atoms with van der Waals surface area (Å²) in [5.41, 5.74) is 2.46. The minimum atomic E-state index is 0.0846. The van der Waals surface area contributed by atoms with Crippen molar-refractivity contribution >= 4 is 5.91 Å². The van der Waals surface area contributed by atoms with Gasteiger partial charge in [-0.15, -0.1) is 0 Å². The Morgan fingerprint density at radius 3 is 3.16 bits per heavy atom. The van der Waals surface area contributed by atoms with Gasteiger partial charge in [-0.1, -0.05) is 6.07 Å². The summed E-state index contributed by atoms with van der Waals surface area (Å²) < 4.78 is 5.37. The average Bonchev–Trinajstić information content (AvgIpc) is 3.06. The molecule has 100 valence electrons. The number of amides is 1. The zero-order chi connectivity index (χ0) is 12.8. The summed E-state index contributed by atoms with van der Waals surface area (Å²) in [6.07, 6.45) is 5.87. The SMILES string of the molecule is O=C([C@H]1CCOC1)N1[C@H]2CC[C@H]1c1cccnc1C2. The second kappa shape index (κ2) is 4.30. The van der Waals surface area contributed by atoms with Gasteiger partial charge in [0.2, 0.25) is 5.91 Å². The number of nitrogens with zero attached hydrogens (tertiary/aromatic N) is 2. The van der Waals surface area contributed by atoms with Gasteiger partial charge < -0.3 is 9.64 Å². The van der Waals surface area contributed by atoms with E-state index in [9.17, 15) is 4.79 Å². The molecule has 0 aliphatic carbocycles. The summed E-state index contributed by atoms with van der Waals surface area (Å²) in [4.78, 5) is 19.3. The largest absolute Gasteiger partial charge is 0.381 e. The summed E-state index contributed by atoms with van der Waals surface area (Å²) in [5, 5.41) is 0. The van der Waals surface area contributed by atoms with E-state index in [-0.39, 0.29) is 12.0 Å². The number of hydrogen-bond acceptors (Lipinski definition) is 3. The standard InChI is InChI=1S/C15H18N2O2/c18-15(10-5-7-19-9-10)17-11-3-4-14(17)12-2-1-6-16-13(12)8-11/h1-2,6,10-11,14H,3-5,7-9H2/t10-,11-,14-/m0/s1. The van der Waals surface area contributed by atoms with Crippen molar-refractivity contribution in [1.82, 2.24) is 9.88 Å². The highest BCUT2D eigenvalue weighted by atomic mass is 16.5. The molecule has 0 unspecified atom stereocenters. The fourth-order valence-corrected chi connectivity index (χ4v) is 3.81. The topological polar surface area (TPSA) is 42.4 Å². The minimum Gasteiger partial charge on any atom is -0.381 e. The lowest BCUT2D eigenvalue weighted by molar-refractivity contribution is -0.139. The van der Waals surface area contributed by atoms with Crippen molar-refractivity contribution in [3.8, 4) is 0 Å². The van der Waals surface area contributed by atoms with Gasteiger partial charge in [-0.3, -0.25) is 9.78 Å². The molecule has 3 atom stereocenters. The number of rotatable bonds is 1. The van der Waals surface area contributed by atoms with Crippen LogP contribution in [0, 0.1) is 5.92 Å². The number of carbonyl (C=O) groups is 1. The van der Waals surface area contributed by atoms with E-state index in [0.29, 0.717) is 18.6 Å². The fraction of sp³-hybridized carbons (Fsp3) is 0.600. The Labute approximate surface area is 112 Å². The number of hydrogen-bond donors (Lipinski definition) is 0. The predicted octanol–water partition coefficient (Wildman–Crippen LogP) is 1.71. The van der Waals surface area contributed by atoms with Crippen molar-refractivity contribution in [3.05, 3.63) is 29.6 Å². The van der Waals surface area contributed by atoms with Crippen LogP contribution in [0.2, 0.25) is 0 Å². The molecule has 1 amide bonds. The molecule has 3 aliphatic heterocycles. The number of ether oxygens (including phenoxy) is 1. The Morgan fingerprint density at radius 2 is 2.32 bits per heavy atom. The van der Waals surface area contributed by atoms with Gasteiger partial charge in [0.1, 0.15) is 0 Å². The van der Waals surface area contributed by atoms with Crippen LogP contribution in [-0.2, 0) is 16.0 Å². The van der Waals surface area contributed by atoms with Crippen LogP contribution in [0.5, 0.6) is 0 Å². The summed E-state index contributed by atoms with van der Waals surface area (Å²) in [5.74, 6) is 0.390. The molecule has 0 saturated carbocycles. The van der Waals surface area contributed by atoms with E-state index in [1.54, 1.807) is 0 Å². The summed E-state index contributed by atoms with van der Waals surface area (Å²) >= 11 is 0. The highest BCUT2D eigenvalue weighted by molar-refractivity contribution is 5.80. The van der Waals surface area contributed by atoms with E-state index in [0.717, 1.165) is 32.3 Å². The molecule has 1 aromatic rings. The molecule has 4 nitrogen and oxygen atoms in total. The van der Waals surface area contributed by atoms with Crippen LogP contribution in [-0.4, -0.2) is 35.0 Å². The third kappa shape index (κ3) is 1.70. The molecule has 0 radical (unpaired) electrons. The summed E-state index contributed by atoms with van der Waals surface area (Å²) in [7, 11) is 0. The Bertz CT molecular complexity index is 511. The van der Waals surface area contributed by atoms with Gasteiger partial charge in [0.05, 0.1) is 18.6 Å². The number of fused-ring (bicyclic) bond motifs is 4. The molecule has 0 spiro atoms. The molecule has 4 heterocycles. The number of carbonyl (C=O) groups excluding carboxylic acids is 1. The van der Waals surface area contributed by atoms with E-state index >= 15 is 0 Å². The lowest BCUT2D eigenvalue weighted by atomic mass is 9.95. The molecule has 2 bridgehead atoms. The third-order valence-electron chi connectivity index (χ3n) is 4.75. The van der Waals surface area contributed by atoms with Crippen molar-refractivity contribution in [1.29, 1.82) is 0 Å². The van der Waals surface area contributed by atoms with Gasteiger partial charge >= 0.3 is 0 Å². The van der Waals surface area contributed by atoms with E-state index in [4.69, 9.17) is 4.74 Å². The minimum absolute atomic E-state index is 0.0846. The van der Waals surface area contributed by atoms with Crippen molar-refractivity contribution in [3.63, 3.8) is 0 Å². The maximum Gasteiger partial charge on any atom is 0.228 e. The quantitative estimate of drug-likeness (QED) is 0.770. The van der Waals surface area contributed by atoms with Gasteiger partial charge in [0, 0.05) is 31.0 Å². The van der Waals surface area contributed by atoms with Crippen LogP contribution in [0.3, 0.4) is 0 Å². The van der Waals surface area contributed by atoms with Gasteiger partial charge in [-0.05, 0) is 30.9 Å². The molecular weight excluding hydrogens is 240 g/mol. The van der Waals surface area contributed by atoms with Gasteiger partial charge in [-0.2, -0.15) is 0 Å². The summed E-state index contributed by atoms with van der Waals surface area (Å²) in [6.45, 7) is 1.34. The molecule has 1 aromatic heterocycles. The maximum atomic E-state index is 12.7. The van der Waals surface area contributed by atoms with Crippen molar-refractivity contribution in [2.75, 3.05) is 13.2 Å². The molecule has 4 rings (SSSR count). The van der Waals surface area contributed by atoms with Crippen molar-refractivity contribution < 1.29 is 9.53 Å². The lowest BCUT2D eigenvalue weighted by Gasteiger charge is -2.37. The highest BCUT2D eigenvalue weighted by Gasteiger charge is 2.45. The third-order valence-corrected chi connectivity index (χ3v) is 4.75. The Kier molecular flexibility index (Phi) is 2.58. The predicted molar refractivity (Wildman–Crippen MR) is 69.5 cm³/mol. The van der Waals surface area contributed by atoms with Crippen LogP contribution >= 0.6 is 0 Å². The molecule has 4 heteroatoms. The van der Waals surface area contributed by atoms with Crippen LogP contribution < -0.4 is 0 Å². The molecule has 3 aliphatic rings. The van der Waals surface area contributed by atoms with Gasteiger partial charge in [-0.25, -0.2) is 0 Å². The molecule has 19 heavy (non-hydrogen) atoms. The smallest absolute Gasteiger partial charge is 0.228 e.